The number of ether oxygens (including phenoxy) is 1. The van der Waals surface area contributed by atoms with Crippen LogP contribution in [0, 0.1) is 5.92 Å². The van der Waals surface area contributed by atoms with Crippen LogP contribution < -0.4 is 27.0 Å². The molecule has 0 aliphatic rings. The molecule has 1 aromatic rings. The molecule has 0 heterocycles. The number of nitrogens with two attached hydrogens (primary N) is 1. The maximum Gasteiger partial charge on any atom is 0.243 e. The first-order chi connectivity index (χ1) is 17.3. The summed E-state index contributed by atoms with van der Waals surface area (Å²) in [5.74, 6) is -0.460. The van der Waals surface area contributed by atoms with Gasteiger partial charge in [-0.05, 0) is 36.3 Å². The van der Waals surface area contributed by atoms with Crippen LogP contribution in [0.25, 0.3) is 0 Å². The molecule has 0 aliphatic carbocycles. The van der Waals surface area contributed by atoms with E-state index in [1.54, 1.807) is 11.8 Å². The van der Waals surface area contributed by atoms with Crippen molar-refractivity contribution in [3.8, 4) is 0 Å². The van der Waals surface area contributed by atoms with E-state index in [9.17, 15) is 19.2 Å². The van der Waals surface area contributed by atoms with Crippen molar-refractivity contribution < 1.29 is 23.9 Å². The van der Waals surface area contributed by atoms with Crippen LogP contribution in [0.2, 0.25) is 0 Å². The highest BCUT2D eigenvalue weighted by molar-refractivity contribution is 7.98. The lowest BCUT2D eigenvalue weighted by Crippen LogP contribution is -2.57. The minimum absolute atomic E-state index is 0.103. The average Bonchev–Trinajstić information content (AvgIpc) is 2.85. The molecule has 1 aromatic carbocycles. The number of thioether (sulfide) groups is 1. The highest BCUT2D eigenvalue weighted by atomic mass is 32.2. The average molecular weight is 524 g/mol. The number of amides is 4. The minimum atomic E-state index is -0.860. The van der Waals surface area contributed by atoms with Crippen molar-refractivity contribution in [2.45, 2.75) is 51.2 Å². The number of benzene rings is 1. The molecule has 0 aromatic heterocycles. The van der Waals surface area contributed by atoms with Crippen molar-refractivity contribution in [1.82, 2.24) is 21.3 Å². The molecule has 0 aliphatic heterocycles. The van der Waals surface area contributed by atoms with E-state index in [-0.39, 0.29) is 24.8 Å². The van der Waals surface area contributed by atoms with Gasteiger partial charge in [0.15, 0.2) is 0 Å². The summed E-state index contributed by atoms with van der Waals surface area (Å²) < 4.78 is 5.30. The van der Waals surface area contributed by atoms with Gasteiger partial charge in [-0.25, -0.2) is 0 Å². The van der Waals surface area contributed by atoms with E-state index in [1.807, 2.05) is 50.4 Å². The van der Waals surface area contributed by atoms with Crippen molar-refractivity contribution in [1.29, 1.82) is 0 Å². The second-order valence-electron chi connectivity index (χ2n) is 8.75. The van der Waals surface area contributed by atoms with Gasteiger partial charge < -0.3 is 31.7 Å². The Balaban J connectivity index is 2.95. The van der Waals surface area contributed by atoms with E-state index in [0.29, 0.717) is 44.8 Å². The van der Waals surface area contributed by atoms with Crippen LogP contribution in [0.1, 0.15) is 32.3 Å². The third-order valence-corrected chi connectivity index (χ3v) is 5.90. The fourth-order valence-corrected chi connectivity index (χ4v) is 3.94. The predicted octanol–water partition coefficient (Wildman–Crippen LogP) is 0.204. The quantitative estimate of drug-likeness (QED) is 0.128. The van der Waals surface area contributed by atoms with Crippen LogP contribution in [0.4, 0.5) is 0 Å². The zero-order valence-corrected chi connectivity index (χ0v) is 22.3. The van der Waals surface area contributed by atoms with Crippen LogP contribution >= 0.6 is 11.8 Å². The Kier molecular flexibility index (Phi) is 16.2. The number of hydrogen-bond acceptors (Lipinski definition) is 7. The van der Waals surface area contributed by atoms with Crippen LogP contribution in [0.15, 0.2) is 30.3 Å². The second kappa shape index (κ2) is 18.6. The highest BCUT2D eigenvalue weighted by Crippen LogP contribution is 2.09. The molecule has 11 heteroatoms. The summed E-state index contributed by atoms with van der Waals surface area (Å²) in [6.45, 7) is 5.26. The maximum atomic E-state index is 13.3. The summed E-state index contributed by atoms with van der Waals surface area (Å²) in [6, 6.07) is 6.92. The zero-order valence-electron chi connectivity index (χ0n) is 21.5. The van der Waals surface area contributed by atoms with Gasteiger partial charge in [-0.15, -0.1) is 0 Å². The molecule has 10 nitrogen and oxygen atoms in total. The van der Waals surface area contributed by atoms with E-state index in [0.717, 1.165) is 5.56 Å². The fraction of sp³-hybridized carbons (Fsp3) is 0.600. The predicted molar refractivity (Wildman–Crippen MR) is 142 cm³/mol. The molecule has 6 N–H and O–H groups in total. The first-order valence-electron chi connectivity index (χ1n) is 12.2. The van der Waals surface area contributed by atoms with Crippen molar-refractivity contribution in [3.63, 3.8) is 0 Å². The van der Waals surface area contributed by atoms with Gasteiger partial charge in [0.2, 0.25) is 24.1 Å². The minimum Gasteiger partial charge on any atom is -0.378 e. The van der Waals surface area contributed by atoms with Crippen LogP contribution in [-0.4, -0.2) is 80.6 Å². The van der Waals surface area contributed by atoms with E-state index in [4.69, 9.17) is 10.5 Å². The molecule has 1 rings (SSSR count). The molecular formula is C25H41N5O5S. The van der Waals surface area contributed by atoms with Gasteiger partial charge >= 0.3 is 0 Å². The van der Waals surface area contributed by atoms with Crippen LogP contribution in [0.3, 0.4) is 0 Å². The van der Waals surface area contributed by atoms with Gasteiger partial charge in [-0.2, -0.15) is 11.8 Å². The molecule has 0 saturated carbocycles. The Hall–Kier alpha value is -2.63. The summed E-state index contributed by atoms with van der Waals surface area (Å²) in [5, 5.41) is 10.9. The fourth-order valence-electron chi connectivity index (χ4n) is 3.47. The molecule has 0 spiro atoms. The molecule has 0 unspecified atom stereocenters. The largest absolute Gasteiger partial charge is 0.378 e. The molecule has 0 saturated heterocycles. The lowest BCUT2D eigenvalue weighted by atomic mass is 10.0. The molecular weight excluding hydrogens is 482 g/mol. The number of carbonyl (C=O) groups excluding carboxylic acids is 4. The van der Waals surface area contributed by atoms with Crippen molar-refractivity contribution in [3.05, 3.63) is 35.9 Å². The Labute approximate surface area is 218 Å². The summed E-state index contributed by atoms with van der Waals surface area (Å²) in [6.07, 6.45) is 3.49. The number of nitrogens with one attached hydrogen (secondary N) is 4. The van der Waals surface area contributed by atoms with Gasteiger partial charge in [-0.1, -0.05) is 44.2 Å². The first kappa shape index (κ1) is 31.4. The van der Waals surface area contributed by atoms with E-state index >= 15 is 0 Å². The summed E-state index contributed by atoms with van der Waals surface area (Å²) >= 11 is 1.56. The van der Waals surface area contributed by atoms with Crippen molar-refractivity contribution in [2.24, 2.45) is 11.7 Å². The first-order valence-corrected chi connectivity index (χ1v) is 13.6. The smallest absolute Gasteiger partial charge is 0.243 e. The van der Waals surface area contributed by atoms with Gasteiger partial charge in [0, 0.05) is 19.5 Å². The van der Waals surface area contributed by atoms with Crippen molar-refractivity contribution in [2.75, 3.05) is 38.3 Å². The van der Waals surface area contributed by atoms with Crippen LogP contribution in [-0.2, 0) is 30.3 Å². The van der Waals surface area contributed by atoms with Crippen LogP contribution in [0.5, 0.6) is 0 Å². The maximum absolute atomic E-state index is 13.3. The van der Waals surface area contributed by atoms with Gasteiger partial charge in [-0.3, -0.25) is 19.2 Å². The molecule has 0 radical (unpaired) electrons. The number of carbonyl (C=O) groups is 4. The molecule has 3 atom stereocenters. The summed E-state index contributed by atoms with van der Waals surface area (Å²) in [7, 11) is 0. The Morgan fingerprint density at radius 3 is 2.28 bits per heavy atom. The zero-order chi connectivity index (χ0) is 26.8. The SMILES string of the molecule is CSCC[C@H](NC=O)C(=O)N[C@@H](CC(C)C)C(=O)N[C@@H](Cc1ccccc1)C(=O)NCCOCCN. The lowest BCUT2D eigenvalue weighted by Gasteiger charge is -2.26. The second-order valence-corrected chi connectivity index (χ2v) is 9.74. The molecule has 0 fully saturated rings. The summed E-state index contributed by atoms with van der Waals surface area (Å²) in [5.41, 5.74) is 6.29. The van der Waals surface area contributed by atoms with E-state index in [2.05, 4.69) is 21.3 Å². The van der Waals surface area contributed by atoms with Gasteiger partial charge in [0.1, 0.15) is 18.1 Å². The highest BCUT2D eigenvalue weighted by Gasteiger charge is 2.29. The molecule has 202 valence electrons. The summed E-state index contributed by atoms with van der Waals surface area (Å²) in [4.78, 5) is 50.1. The van der Waals surface area contributed by atoms with E-state index < -0.39 is 29.9 Å². The Morgan fingerprint density at radius 1 is 1.00 bits per heavy atom. The van der Waals surface area contributed by atoms with E-state index in [1.165, 1.54) is 0 Å². The van der Waals surface area contributed by atoms with Gasteiger partial charge in [0.05, 0.1) is 13.2 Å². The lowest BCUT2D eigenvalue weighted by molar-refractivity contribution is -0.133. The number of rotatable bonds is 19. The third kappa shape index (κ3) is 12.9. The Bertz CT molecular complexity index is 796. The molecule has 36 heavy (non-hydrogen) atoms. The third-order valence-electron chi connectivity index (χ3n) is 5.26. The number of hydrogen-bond donors (Lipinski definition) is 5. The molecule has 0 bridgehead atoms. The normalized spacial score (nSPS) is 13.4. The van der Waals surface area contributed by atoms with Crippen molar-refractivity contribution >= 4 is 35.9 Å². The Morgan fingerprint density at radius 2 is 1.67 bits per heavy atom. The standard InChI is InChI=1S/C25H41N5O5S/c1-18(2)15-21(29-24(33)20(28-17-31)9-14-36-3)25(34)30-22(16-19-7-5-4-6-8-19)23(32)27-11-13-35-12-10-26/h4-8,17-18,20-22H,9-16,26H2,1-3H3,(H,27,32)(H,28,31)(H,29,33)(H,30,34)/t20-,21-,22-/m0/s1. The molecule has 4 amide bonds. The monoisotopic (exact) mass is 523 g/mol. The van der Waals surface area contributed by atoms with Gasteiger partial charge in [0.25, 0.3) is 0 Å². The topological polar surface area (TPSA) is 152 Å².